The predicted molar refractivity (Wildman–Crippen MR) is 66.2 cm³/mol. The number of hydrogen-bond acceptors (Lipinski definition) is 5. The number of nitrogens with zero attached hydrogens (tertiary/aromatic N) is 3. The summed E-state index contributed by atoms with van der Waals surface area (Å²) < 4.78 is 0. The van der Waals surface area contributed by atoms with E-state index in [2.05, 4.69) is 4.98 Å². The molecular weight excluding hydrogens is 262 g/mol. The molecule has 1 fully saturated rings. The smallest absolute Gasteiger partial charge is 0.275 e. The van der Waals surface area contributed by atoms with Gasteiger partial charge in [-0.3, -0.25) is 29.2 Å². The summed E-state index contributed by atoms with van der Waals surface area (Å²) in [5, 5.41) is 10.2. The fourth-order valence-corrected chi connectivity index (χ4v) is 2.66. The first kappa shape index (κ1) is 12.7. The Morgan fingerprint density at radius 1 is 1.35 bits per heavy atom. The minimum absolute atomic E-state index is 0.160. The van der Waals surface area contributed by atoms with E-state index < -0.39 is 24.1 Å². The average molecular weight is 275 g/mol. The van der Waals surface area contributed by atoms with Crippen LogP contribution in [0.2, 0.25) is 0 Å². The van der Waals surface area contributed by atoms with Gasteiger partial charge in [0.1, 0.15) is 11.7 Å². The maximum atomic E-state index is 12.3. The van der Waals surface area contributed by atoms with Gasteiger partial charge in [0.2, 0.25) is 5.91 Å². The summed E-state index contributed by atoms with van der Waals surface area (Å²) in [7, 11) is 1.38. The molecule has 0 aliphatic carbocycles. The van der Waals surface area contributed by atoms with Crippen LogP contribution < -0.4 is 0 Å². The van der Waals surface area contributed by atoms with Crippen molar-refractivity contribution >= 4 is 17.7 Å². The highest BCUT2D eigenvalue weighted by atomic mass is 16.3. The minimum atomic E-state index is -1.19. The Kier molecular flexibility index (Phi) is 2.79. The van der Waals surface area contributed by atoms with Crippen LogP contribution in [0, 0.1) is 0 Å². The molecule has 104 valence electrons. The van der Waals surface area contributed by atoms with E-state index in [0.717, 1.165) is 9.80 Å². The van der Waals surface area contributed by atoms with Crippen molar-refractivity contribution in [2.45, 2.75) is 25.1 Å². The van der Waals surface area contributed by atoms with Gasteiger partial charge in [-0.25, -0.2) is 0 Å². The molecule has 1 aromatic heterocycles. The number of amides is 3. The van der Waals surface area contributed by atoms with Crippen molar-refractivity contribution in [2.75, 3.05) is 7.05 Å². The van der Waals surface area contributed by atoms with Gasteiger partial charge in [0.05, 0.1) is 0 Å². The Labute approximate surface area is 114 Å². The Morgan fingerprint density at radius 2 is 2.10 bits per heavy atom. The maximum absolute atomic E-state index is 12.3. The van der Waals surface area contributed by atoms with Crippen LogP contribution in [0.5, 0.6) is 0 Å². The van der Waals surface area contributed by atoms with E-state index in [1.165, 1.54) is 13.2 Å². The maximum Gasteiger partial charge on any atom is 0.275 e. The minimum Gasteiger partial charge on any atom is -0.369 e. The van der Waals surface area contributed by atoms with Gasteiger partial charge in [-0.2, -0.15) is 0 Å². The molecule has 1 aromatic rings. The number of carbonyl (C=O) groups is 3. The van der Waals surface area contributed by atoms with Gasteiger partial charge in [0.15, 0.2) is 6.23 Å². The Bertz CT molecular complexity index is 615. The summed E-state index contributed by atoms with van der Waals surface area (Å²) in [4.78, 5) is 42.0. The number of aliphatic hydroxyl groups is 1. The molecule has 3 rings (SSSR count). The van der Waals surface area contributed by atoms with Gasteiger partial charge in [-0.1, -0.05) is 6.07 Å². The Balaban J connectivity index is 1.95. The number of rotatable bonds is 1. The van der Waals surface area contributed by atoms with E-state index in [1.807, 2.05) is 0 Å². The molecule has 0 bridgehead atoms. The van der Waals surface area contributed by atoms with Crippen LogP contribution in [0.3, 0.4) is 0 Å². The lowest BCUT2D eigenvalue weighted by Crippen LogP contribution is -2.54. The van der Waals surface area contributed by atoms with Gasteiger partial charge < -0.3 is 5.11 Å². The third-order valence-electron chi connectivity index (χ3n) is 3.77. The van der Waals surface area contributed by atoms with Crippen molar-refractivity contribution in [2.24, 2.45) is 0 Å². The van der Waals surface area contributed by atoms with Gasteiger partial charge in [0.25, 0.3) is 11.8 Å². The van der Waals surface area contributed by atoms with Crippen molar-refractivity contribution in [3.8, 4) is 0 Å². The van der Waals surface area contributed by atoms with E-state index in [1.54, 1.807) is 12.1 Å². The molecule has 0 radical (unpaired) electrons. The number of hydrogen-bond donors (Lipinski definition) is 1. The van der Waals surface area contributed by atoms with Crippen LogP contribution in [0.1, 0.15) is 35.1 Å². The van der Waals surface area contributed by atoms with Gasteiger partial charge in [-0.05, 0) is 12.5 Å². The van der Waals surface area contributed by atoms with Crippen LogP contribution in [0.15, 0.2) is 18.3 Å². The number of aromatic nitrogens is 1. The molecular formula is C13H13N3O4. The number of fused-ring (bicyclic) bond motifs is 1. The first-order valence-electron chi connectivity index (χ1n) is 6.28. The molecule has 2 aliphatic heterocycles. The van der Waals surface area contributed by atoms with E-state index in [4.69, 9.17) is 0 Å². The summed E-state index contributed by atoms with van der Waals surface area (Å²) in [6.45, 7) is 0. The second-order valence-electron chi connectivity index (χ2n) is 4.87. The van der Waals surface area contributed by atoms with Crippen molar-refractivity contribution in [3.63, 3.8) is 0 Å². The molecule has 2 aliphatic rings. The summed E-state index contributed by atoms with van der Waals surface area (Å²) in [5.41, 5.74) is 0.553. The highest BCUT2D eigenvalue weighted by molar-refractivity contribution is 6.04. The van der Waals surface area contributed by atoms with Crippen molar-refractivity contribution in [1.29, 1.82) is 0 Å². The molecule has 2 atom stereocenters. The largest absolute Gasteiger partial charge is 0.369 e. The fraction of sp³-hybridized carbons (Fsp3) is 0.385. The summed E-state index contributed by atoms with van der Waals surface area (Å²) in [5.74, 6) is -1.22. The van der Waals surface area contributed by atoms with Crippen molar-refractivity contribution < 1.29 is 19.5 Å². The number of pyridine rings is 1. The molecule has 0 spiro atoms. The molecule has 1 N–H and O–H groups in total. The number of carbonyl (C=O) groups excluding carboxylic acids is 3. The third-order valence-corrected chi connectivity index (χ3v) is 3.77. The van der Waals surface area contributed by atoms with Crippen LogP contribution in [-0.2, 0) is 9.59 Å². The second-order valence-corrected chi connectivity index (χ2v) is 4.87. The summed E-state index contributed by atoms with van der Waals surface area (Å²) in [6.07, 6.45) is 0.666. The molecule has 7 heteroatoms. The predicted octanol–water partition coefficient (Wildman–Crippen LogP) is -0.324. The number of piperidine rings is 1. The zero-order chi connectivity index (χ0) is 14.4. The third kappa shape index (κ3) is 1.63. The Hall–Kier alpha value is -2.28. The molecule has 3 heterocycles. The van der Waals surface area contributed by atoms with E-state index >= 15 is 0 Å². The molecule has 0 saturated carbocycles. The van der Waals surface area contributed by atoms with Crippen molar-refractivity contribution in [3.05, 3.63) is 29.6 Å². The zero-order valence-electron chi connectivity index (χ0n) is 10.8. The van der Waals surface area contributed by atoms with Crippen LogP contribution in [-0.4, -0.2) is 50.7 Å². The van der Waals surface area contributed by atoms with Gasteiger partial charge in [-0.15, -0.1) is 0 Å². The normalized spacial score (nSPS) is 26.2. The number of likely N-dealkylation sites (N-methyl/N-ethyl adjacent to an activating group) is 1. The van der Waals surface area contributed by atoms with Crippen LogP contribution in [0.25, 0.3) is 0 Å². The highest BCUT2D eigenvalue weighted by Gasteiger charge is 2.46. The lowest BCUT2D eigenvalue weighted by Gasteiger charge is -2.35. The molecule has 7 nitrogen and oxygen atoms in total. The van der Waals surface area contributed by atoms with Crippen LogP contribution >= 0.6 is 0 Å². The molecule has 0 aromatic carbocycles. The first-order valence-corrected chi connectivity index (χ1v) is 6.28. The molecule has 2 unspecified atom stereocenters. The quantitative estimate of drug-likeness (QED) is 0.709. The topological polar surface area (TPSA) is 90.8 Å². The first-order chi connectivity index (χ1) is 9.52. The number of aliphatic hydroxyl groups excluding tert-OH is 1. The van der Waals surface area contributed by atoms with Crippen LogP contribution in [0.4, 0.5) is 0 Å². The van der Waals surface area contributed by atoms with E-state index in [-0.39, 0.29) is 24.4 Å². The van der Waals surface area contributed by atoms with Crippen molar-refractivity contribution in [1.82, 2.24) is 14.8 Å². The van der Waals surface area contributed by atoms with Gasteiger partial charge in [0, 0.05) is 25.2 Å². The second kappa shape index (κ2) is 4.38. The fourth-order valence-electron chi connectivity index (χ4n) is 2.66. The lowest BCUT2D eigenvalue weighted by atomic mass is 10.0. The molecule has 3 amide bonds. The number of likely N-dealkylation sites (tertiary alicyclic amines) is 1. The monoisotopic (exact) mass is 275 g/mol. The van der Waals surface area contributed by atoms with E-state index in [0.29, 0.717) is 5.56 Å². The summed E-state index contributed by atoms with van der Waals surface area (Å²) >= 11 is 0. The summed E-state index contributed by atoms with van der Waals surface area (Å²) in [6, 6.07) is 2.40. The molecule has 1 saturated heterocycles. The SMILES string of the molecule is CN1C(=O)CCC(N2C(=O)c3ncccc3C2O)C1=O. The molecule has 20 heavy (non-hydrogen) atoms. The lowest BCUT2D eigenvalue weighted by molar-refractivity contribution is -0.153. The Morgan fingerprint density at radius 3 is 2.80 bits per heavy atom. The van der Waals surface area contributed by atoms with Gasteiger partial charge >= 0.3 is 0 Å². The van der Waals surface area contributed by atoms with E-state index in [9.17, 15) is 19.5 Å². The standard InChI is InChI=1S/C13H13N3O4/c1-15-9(17)5-4-8(12(15)19)16-11(18)7-3-2-6-14-10(7)13(16)20/h2-3,6,8,11,18H,4-5H2,1H3. The number of imide groups is 1. The average Bonchev–Trinajstić information content (AvgIpc) is 2.70. The zero-order valence-corrected chi connectivity index (χ0v) is 10.8. The highest BCUT2D eigenvalue weighted by Crippen LogP contribution is 2.34.